The minimum atomic E-state index is -0.173. The lowest BCUT2D eigenvalue weighted by molar-refractivity contribution is 0.364. The second-order valence-corrected chi connectivity index (χ2v) is 9.45. The fourth-order valence-corrected chi connectivity index (χ4v) is 3.84. The molecule has 0 bridgehead atoms. The SMILES string of the molecule is C=CCn1c(S[C@@H](C)c2nc(C(C)(C)C)no2)nnc1-c1ccc(Cl)cc1Cl. The Hall–Kier alpha value is -1.83. The zero-order valence-electron chi connectivity index (χ0n) is 16.1. The lowest BCUT2D eigenvalue weighted by Gasteiger charge is -2.12. The average molecular weight is 438 g/mol. The number of allylic oxidation sites excluding steroid dienone is 1. The maximum Gasteiger partial charge on any atom is 0.239 e. The van der Waals surface area contributed by atoms with Crippen LogP contribution in [0.1, 0.15) is 44.7 Å². The molecule has 0 saturated carbocycles. The first-order chi connectivity index (χ1) is 13.2. The van der Waals surface area contributed by atoms with Crippen LogP contribution in [0.4, 0.5) is 0 Å². The molecular formula is C19H21Cl2N5OS. The topological polar surface area (TPSA) is 69.6 Å². The van der Waals surface area contributed by atoms with Crippen molar-refractivity contribution in [3.8, 4) is 11.4 Å². The van der Waals surface area contributed by atoms with Crippen LogP contribution >= 0.6 is 35.0 Å². The van der Waals surface area contributed by atoms with Crippen molar-refractivity contribution in [2.24, 2.45) is 0 Å². The minimum absolute atomic E-state index is 0.0927. The summed E-state index contributed by atoms with van der Waals surface area (Å²) < 4.78 is 7.40. The number of rotatable bonds is 6. The summed E-state index contributed by atoms with van der Waals surface area (Å²) in [7, 11) is 0. The Morgan fingerprint density at radius 3 is 2.64 bits per heavy atom. The fraction of sp³-hybridized carbons (Fsp3) is 0.368. The highest BCUT2D eigenvalue weighted by Crippen LogP contribution is 2.37. The summed E-state index contributed by atoms with van der Waals surface area (Å²) in [6.45, 7) is 12.5. The number of halogens is 2. The van der Waals surface area contributed by atoms with E-state index in [1.807, 2.05) is 38.3 Å². The zero-order valence-corrected chi connectivity index (χ0v) is 18.4. The Labute approximate surface area is 178 Å². The van der Waals surface area contributed by atoms with Crippen LogP contribution in [0.5, 0.6) is 0 Å². The molecule has 0 radical (unpaired) electrons. The van der Waals surface area contributed by atoms with Gasteiger partial charge in [-0.25, -0.2) is 0 Å². The van der Waals surface area contributed by atoms with Gasteiger partial charge in [0.05, 0.1) is 10.3 Å². The maximum absolute atomic E-state index is 6.36. The van der Waals surface area contributed by atoms with E-state index >= 15 is 0 Å². The van der Waals surface area contributed by atoms with Crippen molar-refractivity contribution in [2.45, 2.75) is 50.1 Å². The number of hydrogen-bond acceptors (Lipinski definition) is 6. The third-order valence-electron chi connectivity index (χ3n) is 3.94. The van der Waals surface area contributed by atoms with Crippen molar-refractivity contribution in [1.82, 2.24) is 24.9 Å². The molecule has 28 heavy (non-hydrogen) atoms. The molecule has 148 valence electrons. The van der Waals surface area contributed by atoms with Gasteiger partial charge >= 0.3 is 0 Å². The van der Waals surface area contributed by atoms with Gasteiger partial charge in [0.15, 0.2) is 16.8 Å². The average Bonchev–Trinajstić information content (AvgIpc) is 3.24. The number of hydrogen-bond donors (Lipinski definition) is 0. The van der Waals surface area contributed by atoms with Gasteiger partial charge in [-0.3, -0.25) is 4.57 Å². The predicted octanol–water partition coefficient (Wildman–Crippen LogP) is 5.97. The van der Waals surface area contributed by atoms with Gasteiger partial charge in [0.25, 0.3) is 0 Å². The molecule has 0 fully saturated rings. The predicted molar refractivity (Wildman–Crippen MR) is 113 cm³/mol. The van der Waals surface area contributed by atoms with Crippen molar-refractivity contribution in [1.29, 1.82) is 0 Å². The quantitative estimate of drug-likeness (QED) is 0.349. The molecule has 1 atom stereocenters. The fourth-order valence-electron chi connectivity index (χ4n) is 2.45. The molecule has 3 aromatic rings. The monoisotopic (exact) mass is 437 g/mol. The van der Waals surface area contributed by atoms with Crippen molar-refractivity contribution in [3.63, 3.8) is 0 Å². The van der Waals surface area contributed by atoms with Gasteiger partial charge in [-0.15, -0.1) is 16.8 Å². The Balaban J connectivity index is 1.91. The number of thioether (sulfide) groups is 1. The zero-order chi connectivity index (χ0) is 20.5. The van der Waals surface area contributed by atoms with E-state index in [0.717, 1.165) is 5.56 Å². The lowest BCUT2D eigenvalue weighted by atomic mass is 9.96. The second-order valence-electron chi connectivity index (χ2n) is 7.30. The maximum atomic E-state index is 6.36. The van der Waals surface area contributed by atoms with E-state index in [1.165, 1.54) is 11.8 Å². The van der Waals surface area contributed by atoms with Gasteiger partial charge in [-0.05, 0) is 25.1 Å². The third-order valence-corrected chi connectivity index (χ3v) is 5.56. The van der Waals surface area contributed by atoms with Crippen molar-refractivity contribution >= 4 is 35.0 Å². The van der Waals surface area contributed by atoms with E-state index < -0.39 is 0 Å². The normalized spacial score (nSPS) is 12.9. The molecule has 0 amide bonds. The second kappa shape index (κ2) is 8.27. The highest BCUT2D eigenvalue weighted by molar-refractivity contribution is 7.99. The molecule has 2 heterocycles. The first kappa shape index (κ1) is 20.9. The number of aromatic nitrogens is 5. The molecule has 0 spiro atoms. The van der Waals surface area contributed by atoms with Gasteiger partial charge in [-0.1, -0.05) is 67.0 Å². The van der Waals surface area contributed by atoms with Crippen LogP contribution in [0.25, 0.3) is 11.4 Å². The van der Waals surface area contributed by atoms with Crippen LogP contribution in [0.3, 0.4) is 0 Å². The van der Waals surface area contributed by atoms with Crippen LogP contribution in [0.15, 0.2) is 40.5 Å². The van der Waals surface area contributed by atoms with Crippen LogP contribution in [0, 0.1) is 0 Å². The van der Waals surface area contributed by atoms with Crippen LogP contribution in [0.2, 0.25) is 10.0 Å². The summed E-state index contributed by atoms with van der Waals surface area (Å²) in [5.41, 5.74) is 0.584. The molecule has 0 unspecified atom stereocenters. The molecule has 9 heteroatoms. The molecule has 0 saturated heterocycles. The van der Waals surface area contributed by atoms with E-state index in [-0.39, 0.29) is 10.7 Å². The molecule has 1 aromatic carbocycles. The summed E-state index contributed by atoms with van der Waals surface area (Å²) in [5.74, 6) is 1.88. The van der Waals surface area contributed by atoms with Gasteiger partial charge in [-0.2, -0.15) is 4.98 Å². The molecule has 6 nitrogen and oxygen atoms in total. The minimum Gasteiger partial charge on any atom is -0.338 e. The Morgan fingerprint density at radius 2 is 2.04 bits per heavy atom. The van der Waals surface area contributed by atoms with E-state index in [9.17, 15) is 0 Å². The van der Waals surface area contributed by atoms with E-state index in [1.54, 1.807) is 18.2 Å². The first-order valence-corrected chi connectivity index (χ1v) is 10.3. The first-order valence-electron chi connectivity index (χ1n) is 8.71. The summed E-state index contributed by atoms with van der Waals surface area (Å²) in [4.78, 5) is 4.53. The number of nitrogens with zero attached hydrogens (tertiary/aromatic N) is 5. The van der Waals surface area contributed by atoms with Gasteiger partial charge in [0.2, 0.25) is 5.89 Å². The highest BCUT2D eigenvalue weighted by Gasteiger charge is 2.25. The summed E-state index contributed by atoms with van der Waals surface area (Å²) in [5, 5.41) is 14.5. The van der Waals surface area contributed by atoms with Crippen LogP contribution < -0.4 is 0 Å². The molecular weight excluding hydrogens is 417 g/mol. The molecule has 2 aromatic heterocycles. The summed E-state index contributed by atoms with van der Waals surface area (Å²) in [6.07, 6.45) is 1.79. The molecule has 0 aliphatic rings. The Morgan fingerprint density at radius 1 is 1.29 bits per heavy atom. The van der Waals surface area contributed by atoms with E-state index in [0.29, 0.717) is 39.3 Å². The largest absolute Gasteiger partial charge is 0.338 e. The summed E-state index contributed by atoms with van der Waals surface area (Å²) >= 11 is 13.9. The summed E-state index contributed by atoms with van der Waals surface area (Å²) in [6, 6.07) is 5.30. The van der Waals surface area contributed by atoms with E-state index in [4.69, 9.17) is 27.7 Å². The Bertz CT molecular complexity index is 993. The highest BCUT2D eigenvalue weighted by atomic mass is 35.5. The van der Waals surface area contributed by atoms with Crippen molar-refractivity contribution < 1.29 is 4.52 Å². The van der Waals surface area contributed by atoms with Crippen LogP contribution in [-0.4, -0.2) is 24.9 Å². The van der Waals surface area contributed by atoms with Gasteiger partial charge in [0, 0.05) is 22.5 Å². The standard InChI is InChI=1S/C19H21Cl2N5OS/c1-6-9-26-15(13-8-7-12(20)10-14(13)21)23-24-18(26)28-11(2)16-22-17(25-27-16)19(3,4)5/h6-8,10-11H,1,9H2,2-5H3/t11-/m0/s1. The van der Waals surface area contributed by atoms with Gasteiger partial charge < -0.3 is 4.52 Å². The van der Waals surface area contributed by atoms with Gasteiger partial charge in [0.1, 0.15) is 0 Å². The molecule has 0 aliphatic heterocycles. The van der Waals surface area contributed by atoms with Crippen molar-refractivity contribution in [3.05, 3.63) is 52.6 Å². The van der Waals surface area contributed by atoms with E-state index in [2.05, 4.69) is 26.9 Å². The molecule has 0 N–H and O–H groups in total. The van der Waals surface area contributed by atoms with Crippen molar-refractivity contribution in [2.75, 3.05) is 0 Å². The lowest BCUT2D eigenvalue weighted by Crippen LogP contribution is -2.13. The smallest absolute Gasteiger partial charge is 0.239 e. The number of benzene rings is 1. The van der Waals surface area contributed by atoms with Crippen LogP contribution in [-0.2, 0) is 12.0 Å². The molecule has 0 aliphatic carbocycles. The Kier molecular flexibility index (Phi) is 6.17. The molecule has 3 rings (SSSR count). The third kappa shape index (κ3) is 4.42.